The Morgan fingerprint density at radius 1 is 1.05 bits per heavy atom. The van der Waals surface area contributed by atoms with E-state index in [4.69, 9.17) is 5.73 Å². The summed E-state index contributed by atoms with van der Waals surface area (Å²) in [5.74, 6) is 0.833. The maximum Gasteiger partial charge on any atom is 0.0294 e. The molecule has 106 valence electrons. The minimum absolute atomic E-state index is 0.233. The van der Waals surface area contributed by atoms with Gasteiger partial charge in [0.15, 0.2) is 0 Å². The highest BCUT2D eigenvalue weighted by Crippen LogP contribution is 2.36. The molecule has 1 aliphatic rings. The van der Waals surface area contributed by atoms with Gasteiger partial charge < -0.3 is 5.73 Å². The second kappa shape index (κ2) is 7.69. The van der Waals surface area contributed by atoms with Crippen LogP contribution in [0.5, 0.6) is 0 Å². The molecule has 1 aromatic rings. The van der Waals surface area contributed by atoms with Crippen molar-refractivity contribution >= 4 is 0 Å². The molecular formula is C18H29N. The predicted molar refractivity (Wildman–Crippen MR) is 83.3 cm³/mol. The molecular weight excluding hydrogens is 230 g/mol. The molecule has 1 heteroatoms. The lowest BCUT2D eigenvalue weighted by Crippen LogP contribution is -2.12. The molecule has 1 saturated carbocycles. The van der Waals surface area contributed by atoms with Crippen LogP contribution in [-0.4, -0.2) is 0 Å². The minimum atomic E-state index is 0.233. The Hall–Kier alpha value is -0.820. The van der Waals surface area contributed by atoms with Gasteiger partial charge in [-0.25, -0.2) is 0 Å². The number of rotatable bonds is 8. The van der Waals surface area contributed by atoms with Crippen LogP contribution in [0.15, 0.2) is 24.3 Å². The molecule has 1 fully saturated rings. The van der Waals surface area contributed by atoms with Crippen LogP contribution >= 0.6 is 0 Å². The summed E-state index contributed by atoms with van der Waals surface area (Å²) < 4.78 is 0. The van der Waals surface area contributed by atoms with Crippen molar-refractivity contribution in [2.24, 2.45) is 5.73 Å². The Morgan fingerprint density at radius 3 is 2.32 bits per heavy atom. The topological polar surface area (TPSA) is 26.0 Å². The molecule has 0 amide bonds. The summed E-state index contributed by atoms with van der Waals surface area (Å²) in [6.45, 7) is 2.26. The van der Waals surface area contributed by atoms with Crippen molar-refractivity contribution in [2.45, 2.75) is 76.7 Å². The Morgan fingerprint density at radius 2 is 1.74 bits per heavy atom. The first-order valence-corrected chi connectivity index (χ1v) is 8.16. The van der Waals surface area contributed by atoms with Gasteiger partial charge in [0.1, 0.15) is 0 Å². The van der Waals surface area contributed by atoms with Crippen LogP contribution in [0.3, 0.4) is 0 Å². The normalized spacial score (nSPS) is 17.2. The molecule has 1 unspecified atom stereocenters. The number of nitrogens with two attached hydrogens (primary N) is 1. The van der Waals surface area contributed by atoms with Crippen LogP contribution < -0.4 is 5.73 Å². The third-order valence-electron chi connectivity index (χ3n) is 4.56. The Bertz CT molecular complexity index is 350. The molecule has 1 nitrogen and oxygen atoms in total. The first-order valence-electron chi connectivity index (χ1n) is 8.16. The second-order valence-electron chi connectivity index (χ2n) is 6.10. The second-order valence-corrected chi connectivity index (χ2v) is 6.10. The van der Waals surface area contributed by atoms with Gasteiger partial charge >= 0.3 is 0 Å². The SMILES string of the molecule is CCCCCCCC(N)c1ccc(C2CCC2)cc1. The molecule has 0 saturated heterocycles. The summed E-state index contributed by atoms with van der Waals surface area (Å²) in [4.78, 5) is 0. The number of unbranched alkanes of at least 4 members (excludes halogenated alkanes) is 4. The summed E-state index contributed by atoms with van der Waals surface area (Å²) in [6, 6.07) is 9.35. The van der Waals surface area contributed by atoms with Crippen LogP contribution in [0.25, 0.3) is 0 Å². The van der Waals surface area contributed by atoms with Crippen molar-refractivity contribution < 1.29 is 0 Å². The summed E-state index contributed by atoms with van der Waals surface area (Å²) >= 11 is 0. The molecule has 2 N–H and O–H groups in total. The van der Waals surface area contributed by atoms with Gasteiger partial charge in [-0.3, -0.25) is 0 Å². The van der Waals surface area contributed by atoms with E-state index >= 15 is 0 Å². The van der Waals surface area contributed by atoms with E-state index in [1.54, 1.807) is 0 Å². The maximum absolute atomic E-state index is 6.28. The Balaban J connectivity index is 1.73. The van der Waals surface area contributed by atoms with E-state index in [0.29, 0.717) is 0 Å². The summed E-state index contributed by atoms with van der Waals surface area (Å²) in [5, 5.41) is 0. The van der Waals surface area contributed by atoms with Crippen LogP contribution in [0.4, 0.5) is 0 Å². The highest BCUT2D eigenvalue weighted by Gasteiger charge is 2.19. The van der Waals surface area contributed by atoms with Gasteiger partial charge in [0.2, 0.25) is 0 Å². The van der Waals surface area contributed by atoms with E-state index in [1.165, 1.54) is 62.5 Å². The highest BCUT2D eigenvalue weighted by atomic mass is 14.6. The van der Waals surface area contributed by atoms with Crippen molar-refractivity contribution in [3.63, 3.8) is 0 Å². The first-order chi connectivity index (χ1) is 9.31. The van der Waals surface area contributed by atoms with E-state index in [-0.39, 0.29) is 6.04 Å². The van der Waals surface area contributed by atoms with E-state index in [2.05, 4.69) is 31.2 Å². The fraction of sp³-hybridized carbons (Fsp3) is 0.667. The van der Waals surface area contributed by atoms with E-state index in [9.17, 15) is 0 Å². The van der Waals surface area contributed by atoms with Gasteiger partial charge in [0, 0.05) is 6.04 Å². The third kappa shape index (κ3) is 4.35. The highest BCUT2D eigenvalue weighted by molar-refractivity contribution is 5.28. The molecule has 0 bridgehead atoms. The molecule has 1 atom stereocenters. The molecule has 0 radical (unpaired) electrons. The number of hydrogen-bond donors (Lipinski definition) is 1. The average molecular weight is 259 g/mol. The zero-order chi connectivity index (χ0) is 13.5. The van der Waals surface area contributed by atoms with Crippen molar-refractivity contribution in [3.05, 3.63) is 35.4 Å². The lowest BCUT2D eigenvalue weighted by Gasteiger charge is -2.26. The van der Waals surface area contributed by atoms with Crippen molar-refractivity contribution in [2.75, 3.05) is 0 Å². The van der Waals surface area contributed by atoms with Crippen molar-refractivity contribution in [1.82, 2.24) is 0 Å². The van der Waals surface area contributed by atoms with Gasteiger partial charge in [0.05, 0.1) is 0 Å². The van der Waals surface area contributed by atoms with Gasteiger partial charge in [-0.05, 0) is 36.3 Å². The smallest absolute Gasteiger partial charge is 0.0294 e. The third-order valence-corrected chi connectivity index (χ3v) is 4.56. The molecule has 0 aliphatic heterocycles. The lowest BCUT2D eigenvalue weighted by molar-refractivity contribution is 0.419. The van der Waals surface area contributed by atoms with Gasteiger partial charge in [0.25, 0.3) is 0 Å². The fourth-order valence-electron chi connectivity index (χ4n) is 2.89. The van der Waals surface area contributed by atoms with Gasteiger partial charge in [-0.1, -0.05) is 69.7 Å². The summed E-state index contributed by atoms with van der Waals surface area (Å²) in [5.41, 5.74) is 9.12. The Labute approximate surface area is 118 Å². The number of hydrogen-bond acceptors (Lipinski definition) is 1. The fourth-order valence-corrected chi connectivity index (χ4v) is 2.89. The van der Waals surface area contributed by atoms with E-state index in [1.807, 2.05) is 0 Å². The summed E-state index contributed by atoms with van der Waals surface area (Å²) in [7, 11) is 0. The minimum Gasteiger partial charge on any atom is -0.324 e. The summed E-state index contributed by atoms with van der Waals surface area (Å²) in [6.07, 6.45) is 11.9. The van der Waals surface area contributed by atoms with Crippen LogP contribution in [0.1, 0.15) is 87.8 Å². The molecule has 0 heterocycles. The van der Waals surface area contributed by atoms with E-state index < -0.39 is 0 Å². The van der Waals surface area contributed by atoms with Gasteiger partial charge in [-0.2, -0.15) is 0 Å². The average Bonchev–Trinajstić information content (AvgIpc) is 2.37. The first kappa shape index (κ1) is 14.6. The van der Waals surface area contributed by atoms with Crippen LogP contribution in [0, 0.1) is 0 Å². The monoisotopic (exact) mass is 259 g/mol. The standard InChI is InChI=1S/C18H29N/c1-2-3-4-5-6-10-18(19)17-13-11-16(12-14-17)15-8-7-9-15/h11-15,18H,2-10,19H2,1H3. The largest absolute Gasteiger partial charge is 0.324 e. The lowest BCUT2D eigenvalue weighted by atomic mass is 9.80. The predicted octanol–water partition coefficient (Wildman–Crippen LogP) is 5.31. The van der Waals surface area contributed by atoms with Gasteiger partial charge in [-0.15, -0.1) is 0 Å². The maximum atomic E-state index is 6.28. The van der Waals surface area contributed by atoms with Crippen molar-refractivity contribution in [3.8, 4) is 0 Å². The number of benzene rings is 1. The molecule has 19 heavy (non-hydrogen) atoms. The molecule has 0 aromatic heterocycles. The quantitative estimate of drug-likeness (QED) is 0.629. The molecule has 0 spiro atoms. The molecule has 1 aliphatic carbocycles. The molecule has 2 rings (SSSR count). The Kier molecular flexibility index (Phi) is 5.91. The van der Waals surface area contributed by atoms with E-state index in [0.717, 1.165) is 12.3 Å². The zero-order valence-electron chi connectivity index (χ0n) is 12.4. The zero-order valence-corrected chi connectivity index (χ0v) is 12.4. The molecule has 1 aromatic carbocycles. The van der Waals surface area contributed by atoms with Crippen LogP contribution in [-0.2, 0) is 0 Å². The van der Waals surface area contributed by atoms with Crippen molar-refractivity contribution in [1.29, 1.82) is 0 Å². The van der Waals surface area contributed by atoms with Crippen LogP contribution in [0.2, 0.25) is 0 Å².